The quantitative estimate of drug-likeness (QED) is 0.235. The first kappa shape index (κ1) is 26.5. The highest BCUT2D eigenvalue weighted by molar-refractivity contribution is 5.97. The van der Waals surface area contributed by atoms with E-state index in [2.05, 4.69) is 51.3 Å². The van der Waals surface area contributed by atoms with Crippen molar-refractivity contribution in [3.05, 3.63) is 72.6 Å². The summed E-state index contributed by atoms with van der Waals surface area (Å²) in [5.41, 5.74) is 7.62. The van der Waals surface area contributed by atoms with Crippen molar-refractivity contribution in [3.8, 4) is 34.0 Å². The standard InChI is InChI=1S/C30H31FN10/c1-40(2)8-7-33-22-11-19(10-21(31)12-22)27-29-24(5-6-34-27)36-30(37-29)28-23-13-25(35-16-26(23)38-39-28)20-9-18(14-32-15-20)17-41(3)4/h5-6,9-16,33H,7-8,17H2,1-4H3,(H,36,37)(H,38,39). The van der Waals surface area contributed by atoms with Gasteiger partial charge in [-0.05, 0) is 70.2 Å². The molecule has 0 spiro atoms. The molecule has 208 valence electrons. The van der Waals surface area contributed by atoms with E-state index in [1.54, 1.807) is 12.4 Å². The molecule has 0 fully saturated rings. The van der Waals surface area contributed by atoms with Crippen molar-refractivity contribution in [2.45, 2.75) is 6.54 Å². The van der Waals surface area contributed by atoms with Gasteiger partial charge in [-0.25, -0.2) is 9.37 Å². The highest BCUT2D eigenvalue weighted by Crippen LogP contribution is 2.32. The average molecular weight is 551 g/mol. The number of halogens is 1. The second-order valence-corrected chi connectivity index (χ2v) is 10.6. The molecule has 3 N–H and O–H groups in total. The minimum Gasteiger partial charge on any atom is -0.384 e. The highest BCUT2D eigenvalue weighted by Gasteiger charge is 2.18. The molecule has 11 heteroatoms. The zero-order valence-electron chi connectivity index (χ0n) is 23.4. The zero-order chi connectivity index (χ0) is 28.5. The van der Waals surface area contributed by atoms with Crippen molar-refractivity contribution in [2.24, 2.45) is 0 Å². The summed E-state index contributed by atoms with van der Waals surface area (Å²) in [4.78, 5) is 26.1. The normalized spacial score (nSPS) is 11.8. The fourth-order valence-corrected chi connectivity index (χ4v) is 4.85. The number of benzene rings is 1. The summed E-state index contributed by atoms with van der Waals surface area (Å²) in [6.07, 6.45) is 7.15. The van der Waals surface area contributed by atoms with Crippen LogP contribution in [-0.2, 0) is 6.54 Å². The van der Waals surface area contributed by atoms with E-state index >= 15 is 0 Å². The lowest BCUT2D eigenvalue weighted by molar-refractivity contribution is 0.402. The number of aromatic nitrogens is 7. The summed E-state index contributed by atoms with van der Waals surface area (Å²) in [6.45, 7) is 2.31. The molecule has 0 atom stereocenters. The average Bonchev–Trinajstić information content (AvgIpc) is 3.56. The van der Waals surface area contributed by atoms with E-state index in [9.17, 15) is 4.39 Å². The Kier molecular flexibility index (Phi) is 7.12. The second kappa shape index (κ2) is 11.0. The van der Waals surface area contributed by atoms with Crippen molar-refractivity contribution < 1.29 is 4.39 Å². The summed E-state index contributed by atoms with van der Waals surface area (Å²) < 4.78 is 14.6. The van der Waals surface area contributed by atoms with Crippen molar-refractivity contribution in [3.63, 3.8) is 0 Å². The predicted octanol–water partition coefficient (Wildman–Crippen LogP) is 4.80. The Morgan fingerprint density at radius 2 is 1.76 bits per heavy atom. The molecular formula is C30H31FN10. The first-order chi connectivity index (χ1) is 19.8. The molecule has 0 bridgehead atoms. The molecule has 41 heavy (non-hydrogen) atoms. The lowest BCUT2D eigenvalue weighted by Gasteiger charge is -2.12. The molecule has 1 aromatic carbocycles. The summed E-state index contributed by atoms with van der Waals surface area (Å²) in [6, 6.07) is 10.8. The molecule has 6 aromatic rings. The molecule has 0 unspecified atom stereocenters. The second-order valence-electron chi connectivity index (χ2n) is 10.6. The zero-order valence-corrected chi connectivity index (χ0v) is 23.4. The Morgan fingerprint density at radius 3 is 2.59 bits per heavy atom. The van der Waals surface area contributed by atoms with Gasteiger partial charge in [0.15, 0.2) is 5.82 Å². The third-order valence-electron chi connectivity index (χ3n) is 6.72. The van der Waals surface area contributed by atoms with Gasteiger partial charge in [-0.15, -0.1) is 0 Å². The van der Waals surface area contributed by atoms with Gasteiger partial charge >= 0.3 is 0 Å². The van der Waals surface area contributed by atoms with Crippen LogP contribution < -0.4 is 5.32 Å². The number of anilines is 1. The molecule has 5 aromatic heterocycles. The van der Waals surface area contributed by atoms with Gasteiger partial charge in [0.25, 0.3) is 0 Å². The first-order valence-electron chi connectivity index (χ1n) is 13.3. The number of hydrogen-bond donors (Lipinski definition) is 3. The molecule has 5 heterocycles. The molecule has 0 aliphatic heterocycles. The van der Waals surface area contributed by atoms with E-state index in [1.807, 2.05) is 58.8 Å². The molecule has 0 aliphatic rings. The van der Waals surface area contributed by atoms with Crippen LogP contribution in [0.25, 0.3) is 56.0 Å². The van der Waals surface area contributed by atoms with Crippen LogP contribution >= 0.6 is 0 Å². The lowest BCUT2D eigenvalue weighted by Crippen LogP contribution is -2.20. The van der Waals surface area contributed by atoms with Crippen LogP contribution in [0, 0.1) is 5.82 Å². The Morgan fingerprint density at radius 1 is 0.878 bits per heavy atom. The third kappa shape index (κ3) is 5.63. The Bertz CT molecular complexity index is 1840. The minimum absolute atomic E-state index is 0.341. The molecule has 6 rings (SSSR count). The molecule has 0 saturated heterocycles. The fraction of sp³-hybridized carbons (Fsp3) is 0.233. The number of imidazole rings is 1. The first-order valence-corrected chi connectivity index (χ1v) is 13.3. The Balaban J connectivity index is 1.37. The van der Waals surface area contributed by atoms with Crippen molar-refractivity contribution >= 4 is 27.6 Å². The van der Waals surface area contributed by atoms with Gasteiger partial charge in [-0.1, -0.05) is 0 Å². The Hall–Kier alpha value is -4.74. The van der Waals surface area contributed by atoms with Gasteiger partial charge < -0.3 is 20.1 Å². The maximum absolute atomic E-state index is 14.6. The van der Waals surface area contributed by atoms with E-state index < -0.39 is 0 Å². The van der Waals surface area contributed by atoms with Crippen LogP contribution in [0.5, 0.6) is 0 Å². The van der Waals surface area contributed by atoms with Gasteiger partial charge in [0.1, 0.15) is 17.0 Å². The van der Waals surface area contributed by atoms with Crippen LogP contribution in [0.2, 0.25) is 0 Å². The summed E-state index contributed by atoms with van der Waals surface area (Å²) in [5.74, 6) is 0.241. The number of aromatic amines is 2. The van der Waals surface area contributed by atoms with Crippen LogP contribution in [0.4, 0.5) is 10.1 Å². The molecule has 0 saturated carbocycles. The van der Waals surface area contributed by atoms with E-state index in [0.29, 0.717) is 40.5 Å². The largest absolute Gasteiger partial charge is 0.384 e. The molecule has 0 amide bonds. The topological polar surface area (TPSA) is 115 Å². The highest BCUT2D eigenvalue weighted by atomic mass is 19.1. The molecular weight excluding hydrogens is 519 g/mol. The van der Waals surface area contributed by atoms with E-state index in [0.717, 1.165) is 46.3 Å². The van der Waals surface area contributed by atoms with E-state index in [-0.39, 0.29) is 5.82 Å². The van der Waals surface area contributed by atoms with Crippen molar-refractivity contribution in [1.82, 2.24) is 44.9 Å². The maximum Gasteiger partial charge on any atom is 0.159 e. The lowest BCUT2D eigenvalue weighted by atomic mass is 10.1. The SMILES string of the molecule is CN(C)CCNc1cc(F)cc(-c2nccc3[nH]c(-c4n[nH]c5cnc(-c6cncc(CN(C)C)c6)cc45)nc23)c1. The monoisotopic (exact) mass is 550 g/mol. The van der Waals surface area contributed by atoms with E-state index in [1.165, 1.54) is 12.1 Å². The van der Waals surface area contributed by atoms with Crippen LogP contribution in [0.1, 0.15) is 5.56 Å². The minimum atomic E-state index is -0.341. The number of likely N-dealkylation sites (N-methyl/N-ethyl adjacent to an activating group) is 1. The van der Waals surface area contributed by atoms with Crippen LogP contribution in [0.15, 0.2) is 61.2 Å². The summed E-state index contributed by atoms with van der Waals surface area (Å²) in [7, 11) is 8.05. The number of rotatable bonds is 9. The van der Waals surface area contributed by atoms with Crippen molar-refractivity contribution in [1.29, 1.82) is 0 Å². The van der Waals surface area contributed by atoms with Gasteiger partial charge in [-0.2, -0.15) is 5.10 Å². The molecule has 0 aliphatic carbocycles. The third-order valence-corrected chi connectivity index (χ3v) is 6.72. The summed E-state index contributed by atoms with van der Waals surface area (Å²) in [5, 5.41) is 11.8. The maximum atomic E-state index is 14.6. The number of nitrogens with zero attached hydrogens (tertiary/aromatic N) is 7. The van der Waals surface area contributed by atoms with Crippen LogP contribution in [0.3, 0.4) is 0 Å². The van der Waals surface area contributed by atoms with Crippen molar-refractivity contribution in [2.75, 3.05) is 46.6 Å². The van der Waals surface area contributed by atoms with Gasteiger partial charge in [0.05, 0.1) is 28.6 Å². The number of H-pyrrole nitrogens is 2. The molecule has 10 nitrogen and oxygen atoms in total. The van der Waals surface area contributed by atoms with Gasteiger partial charge in [0.2, 0.25) is 0 Å². The van der Waals surface area contributed by atoms with Gasteiger partial charge in [-0.3, -0.25) is 20.1 Å². The van der Waals surface area contributed by atoms with Crippen LogP contribution in [-0.4, -0.2) is 86.2 Å². The number of hydrogen-bond acceptors (Lipinski definition) is 8. The fourth-order valence-electron chi connectivity index (χ4n) is 4.85. The Labute approximate surface area is 236 Å². The molecule has 0 radical (unpaired) electrons. The summed E-state index contributed by atoms with van der Waals surface area (Å²) >= 11 is 0. The van der Waals surface area contributed by atoms with E-state index in [4.69, 9.17) is 4.98 Å². The predicted molar refractivity (Wildman–Crippen MR) is 160 cm³/mol. The number of fused-ring (bicyclic) bond motifs is 2. The van der Waals surface area contributed by atoms with Gasteiger partial charge in [0, 0.05) is 60.4 Å². The smallest absolute Gasteiger partial charge is 0.159 e. The number of nitrogens with one attached hydrogen (secondary N) is 3. The number of pyridine rings is 3.